The molecule has 0 aliphatic carbocycles. The second kappa shape index (κ2) is 5.24. The van der Waals surface area contributed by atoms with Crippen LogP contribution >= 0.6 is 0 Å². The first-order valence-corrected chi connectivity index (χ1v) is 6.53. The lowest BCUT2D eigenvalue weighted by Crippen LogP contribution is -1.96. The average Bonchev–Trinajstić information content (AvgIpc) is 3.03. The highest BCUT2D eigenvalue weighted by Gasteiger charge is 2.12. The molecule has 21 heavy (non-hydrogen) atoms. The third-order valence-electron chi connectivity index (χ3n) is 3.35. The Bertz CT molecular complexity index is 750. The maximum absolute atomic E-state index is 10.3. The number of aromatic amines is 1. The van der Waals surface area contributed by atoms with Gasteiger partial charge in [-0.1, -0.05) is 0 Å². The fraction of sp³-hybridized carbons (Fsp3) is 0.133. The van der Waals surface area contributed by atoms with Crippen LogP contribution in [0.5, 0.6) is 5.75 Å². The fourth-order valence-corrected chi connectivity index (χ4v) is 2.22. The topological polar surface area (TPSA) is 86.7 Å². The quantitative estimate of drug-likeness (QED) is 0.687. The number of benzene rings is 1. The van der Waals surface area contributed by atoms with E-state index in [1.165, 1.54) is 0 Å². The van der Waals surface area contributed by atoms with Gasteiger partial charge in [0.05, 0.1) is 11.9 Å². The number of rotatable bonds is 3. The third kappa shape index (κ3) is 2.43. The van der Waals surface area contributed by atoms with Crippen molar-refractivity contribution in [2.45, 2.75) is 6.92 Å². The summed E-state index contributed by atoms with van der Waals surface area (Å²) in [6.45, 7) is 1.99. The molecule has 0 aliphatic rings. The zero-order chi connectivity index (χ0) is 14.8. The van der Waals surface area contributed by atoms with Crippen molar-refractivity contribution in [3.63, 3.8) is 0 Å². The molecule has 0 bridgehead atoms. The zero-order valence-corrected chi connectivity index (χ0v) is 11.8. The monoisotopic (exact) mass is 281 g/mol. The van der Waals surface area contributed by atoms with Crippen LogP contribution in [-0.2, 0) is 0 Å². The molecule has 6 heteroatoms. The molecule has 0 radical (unpaired) electrons. The summed E-state index contributed by atoms with van der Waals surface area (Å²) in [5.41, 5.74) is 4.20. The molecule has 106 valence electrons. The van der Waals surface area contributed by atoms with Crippen molar-refractivity contribution in [3.8, 4) is 28.1 Å². The molecular formula is C15H15N5O. The molecule has 0 saturated carbocycles. The molecule has 6 nitrogen and oxygen atoms in total. The van der Waals surface area contributed by atoms with Gasteiger partial charge in [0.2, 0.25) is 0 Å². The number of phenolic OH excluding ortho intramolecular Hbond substituents is 1. The minimum atomic E-state index is 0.170. The van der Waals surface area contributed by atoms with Gasteiger partial charge < -0.3 is 10.4 Å². The molecule has 0 aliphatic heterocycles. The van der Waals surface area contributed by atoms with Crippen molar-refractivity contribution >= 4 is 5.82 Å². The van der Waals surface area contributed by atoms with Crippen LogP contribution < -0.4 is 5.32 Å². The minimum absolute atomic E-state index is 0.170. The van der Waals surface area contributed by atoms with Crippen molar-refractivity contribution in [3.05, 3.63) is 42.2 Å². The average molecular weight is 281 g/mol. The number of nitrogens with one attached hydrogen (secondary N) is 2. The third-order valence-corrected chi connectivity index (χ3v) is 3.35. The van der Waals surface area contributed by atoms with Crippen molar-refractivity contribution in [1.82, 2.24) is 20.4 Å². The van der Waals surface area contributed by atoms with Crippen LogP contribution in [0.15, 0.2) is 36.7 Å². The van der Waals surface area contributed by atoms with Crippen LogP contribution in [0.3, 0.4) is 0 Å². The van der Waals surface area contributed by atoms with Crippen molar-refractivity contribution in [1.29, 1.82) is 0 Å². The summed E-state index contributed by atoms with van der Waals surface area (Å²) in [6.07, 6.45) is 3.52. The number of aryl methyl sites for hydroxylation is 1. The van der Waals surface area contributed by atoms with Crippen LogP contribution in [0.25, 0.3) is 22.4 Å². The number of hydrogen-bond donors (Lipinski definition) is 3. The Morgan fingerprint density at radius 2 is 2.00 bits per heavy atom. The SMILES string of the molecule is CNc1ccc(-c2cc(C)c(-c3cn[nH]c3)cc2O)nn1. The molecule has 3 aromatic rings. The number of phenols is 1. The van der Waals surface area contributed by atoms with Gasteiger partial charge in [-0.25, -0.2) is 0 Å². The molecule has 0 spiro atoms. The Hall–Kier alpha value is -2.89. The Morgan fingerprint density at radius 3 is 2.62 bits per heavy atom. The van der Waals surface area contributed by atoms with Crippen LogP contribution in [-0.4, -0.2) is 32.5 Å². The van der Waals surface area contributed by atoms with E-state index >= 15 is 0 Å². The van der Waals surface area contributed by atoms with E-state index in [0.717, 1.165) is 16.7 Å². The predicted molar refractivity (Wildman–Crippen MR) is 81.0 cm³/mol. The summed E-state index contributed by atoms with van der Waals surface area (Å²) in [4.78, 5) is 0. The van der Waals surface area contributed by atoms with Gasteiger partial charge in [0.25, 0.3) is 0 Å². The van der Waals surface area contributed by atoms with Gasteiger partial charge in [-0.05, 0) is 42.3 Å². The first kappa shape index (κ1) is 13.1. The molecule has 3 N–H and O–H groups in total. The van der Waals surface area contributed by atoms with Gasteiger partial charge in [-0.3, -0.25) is 5.10 Å². The summed E-state index contributed by atoms with van der Waals surface area (Å²) < 4.78 is 0. The van der Waals surface area contributed by atoms with E-state index in [0.29, 0.717) is 17.1 Å². The number of nitrogens with zero attached hydrogens (tertiary/aromatic N) is 3. The largest absolute Gasteiger partial charge is 0.507 e. The summed E-state index contributed by atoms with van der Waals surface area (Å²) in [5, 5.41) is 28.1. The van der Waals surface area contributed by atoms with Crippen LogP contribution in [0.4, 0.5) is 5.82 Å². The van der Waals surface area contributed by atoms with E-state index in [9.17, 15) is 5.11 Å². The van der Waals surface area contributed by atoms with Crippen molar-refractivity contribution in [2.75, 3.05) is 12.4 Å². The van der Waals surface area contributed by atoms with Gasteiger partial charge in [0.1, 0.15) is 11.6 Å². The van der Waals surface area contributed by atoms with Gasteiger partial charge in [-0.15, -0.1) is 10.2 Å². The van der Waals surface area contributed by atoms with Crippen LogP contribution in [0, 0.1) is 6.92 Å². The second-order valence-corrected chi connectivity index (χ2v) is 4.73. The fourth-order valence-electron chi connectivity index (χ4n) is 2.22. The highest BCUT2D eigenvalue weighted by Crippen LogP contribution is 2.34. The predicted octanol–water partition coefficient (Wildman–Crippen LogP) is 2.59. The number of aromatic hydroxyl groups is 1. The summed E-state index contributed by atoms with van der Waals surface area (Å²) in [5.74, 6) is 0.855. The molecule has 2 heterocycles. The number of aromatic nitrogens is 4. The number of hydrogen-bond acceptors (Lipinski definition) is 5. The molecule has 0 atom stereocenters. The van der Waals surface area contributed by atoms with Gasteiger partial charge in [-0.2, -0.15) is 5.10 Å². The first-order chi connectivity index (χ1) is 10.2. The molecule has 2 aromatic heterocycles. The van der Waals surface area contributed by atoms with E-state index in [-0.39, 0.29) is 5.75 Å². The molecule has 0 amide bonds. The van der Waals surface area contributed by atoms with E-state index in [1.807, 2.05) is 25.1 Å². The molecular weight excluding hydrogens is 266 g/mol. The van der Waals surface area contributed by atoms with E-state index in [2.05, 4.69) is 25.7 Å². The number of anilines is 1. The van der Waals surface area contributed by atoms with Crippen molar-refractivity contribution in [2.24, 2.45) is 0 Å². The Kier molecular flexibility index (Phi) is 3.27. The molecule has 3 rings (SSSR count). The lowest BCUT2D eigenvalue weighted by molar-refractivity contribution is 0.477. The van der Waals surface area contributed by atoms with Gasteiger partial charge >= 0.3 is 0 Å². The summed E-state index contributed by atoms with van der Waals surface area (Å²) >= 11 is 0. The maximum Gasteiger partial charge on any atom is 0.148 e. The maximum atomic E-state index is 10.3. The highest BCUT2D eigenvalue weighted by molar-refractivity contribution is 5.76. The lowest BCUT2D eigenvalue weighted by Gasteiger charge is -2.09. The molecule has 1 aromatic carbocycles. The Labute approximate surface area is 121 Å². The van der Waals surface area contributed by atoms with E-state index in [4.69, 9.17) is 0 Å². The minimum Gasteiger partial charge on any atom is -0.507 e. The van der Waals surface area contributed by atoms with Crippen molar-refractivity contribution < 1.29 is 5.11 Å². The van der Waals surface area contributed by atoms with Crippen LogP contribution in [0.2, 0.25) is 0 Å². The van der Waals surface area contributed by atoms with E-state index in [1.54, 1.807) is 25.5 Å². The van der Waals surface area contributed by atoms with Crippen LogP contribution in [0.1, 0.15) is 5.56 Å². The zero-order valence-electron chi connectivity index (χ0n) is 11.8. The lowest BCUT2D eigenvalue weighted by atomic mass is 9.98. The first-order valence-electron chi connectivity index (χ1n) is 6.53. The van der Waals surface area contributed by atoms with E-state index < -0.39 is 0 Å². The summed E-state index contributed by atoms with van der Waals surface area (Å²) in [7, 11) is 1.78. The van der Waals surface area contributed by atoms with Gasteiger partial charge in [0, 0.05) is 24.4 Å². The molecule has 0 fully saturated rings. The van der Waals surface area contributed by atoms with Gasteiger partial charge in [0.15, 0.2) is 0 Å². The normalized spacial score (nSPS) is 10.6. The summed E-state index contributed by atoms with van der Waals surface area (Å²) in [6, 6.07) is 7.27. The second-order valence-electron chi connectivity index (χ2n) is 4.73. The standard InChI is InChI=1S/C15H15N5O/c1-9-5-12(13-3-4-15(16-2)20-19-13)14(21)6-11(9)10-7-17-18-8-10/h3-8,21H,1-2H3,(H,16,20)(H,17,18). The molecule has 0 unspecified atom stereocenters. The Balaban J connectivity index is 2.06. The highest BCUT2D eigenvalue weighted by atomic mass is 16.3. The Morgan fingerprint density at radius 1 is 1.14 bits per heavy atom. The molecule has 0 saturated heterocycles. The smallest absolute Gasteiger partial charge is 0.148 e. The number of H-pyrrole nitrogens is 1.